The van der Waals surface area contributed by atoms with Crippen molar-refractivity contribution in [1.29, 1.82) is 0 Å². The molecule has 0 aliphatic heterocycles. The first-order valence-electron chi connectivity index (χ1n) is 4.23. The highest BCUT2D eigenvalue weighted by atomic mass is 19.2. The quantitative estimate of drug-likeness (QED) is 0.733. The average molecular weight is 203 g/mol. The summed E-state index contributed by atoms with van der Waals surface area (Å²) in [7, 11) is 0. The van der Waals surface area contributed by atoms with E-state index in [1.807, 2.05) is 0 Å². The van der Waals surface area contributed by atoms with Crippen LogP contribution in [0.15, 0.2) is 12.1 Å². The first kappa shape index (κ1) is 11.0. The van der Waals surface area contributed by atoms with Gasteiger partial charge in [-0.1, -0.05) is 13.8 Å². The minimum atomic E-state index is -1.18. The van der Waals surface area contributed by atoms with Crippen LogP contribution in [0.3, 0.4) is 0 Å². The van der Waals surface area contributed by atoms with Gasteiger partial charge in [-0.2, -0.15) is 0 Å². The number of hydrogen-bond donors (Lipinski definition) is 1. The summed E-state index contributed by atoms with van der Waals surface area (Å²) in [6.45, 7) is 3.50. The molecule has 0 saturated heterocycles. The third-order valence-electron chi connectivity index (χ3n) is 2.25. The van der Waals surface area contributed by atoms with E-state index in [0.29, 0.717) is 6.07 Å². The molecule has 1 aromatic rings. The molecule has 0 aliphatic rings. The Labute approximate surface area is 80.7 Å². The smallest absolute Gasteiger partial charge is 0.161 e. The van der Waals surface area contributed by atoms with E-state index in [4.69, 9.17) is 5.73 Å². The minimum absolute atomic E-state index is 0.0962. The third kappa shape index (κ3) is 1.90. The van der Waals surface area contributed by atoms with Gasteiger partial charge in [0.2, 0.25) is 0 Å². The molecule has 0 amide bonds. The molecular weight excluding hydrogens is 191 g/mol. The van der Waals surface area contributed by atoms with Gasteiger partial charge >= 0.3 is 0 Å². The summed E-state index contributed by atoms with van der Waals surface area (Å²) in [6, 6.07) is 1.40. The molecule has 0 radical (unpaired) electrons. The number of benzene rings is 1. The van der Waals surface area contributed by atoms with Crippen LogP contribution in [-0.2, 0) is 5.41 Å². The van der Waals surface area contributed by atoms with Crippen LogP contribution in [-0.4, -0.2) is 6.54 Å². The van der Waals surface area contributed by atoms with Crippen LogP contribution in [0, 0.1) is 17.5 Å². The van der Waals surface area contributed by atoms with Crippen molar-refractivity contribution in [2.75, 3.05) is 6.54 Å². The van der Waals surface area contributed by atoms with Crippen molar-refractivity contribution < 1.29 is 13.2 Å². The zero-order valence-corrected chi connectivity index (χ0v) is 8.07. The van der Waals surface area contributed by atoms with Gasteiger partial charge in [-0.3, -0.25) is 0 Å². The molecule has 0 heterocycles. The van der Waals surface area contributed by atoms with Crippen LogP contribution in [0.2, 0.25) is 0 Å². The maximum absolute atomic E-state index is 13.3. The van der Waals surface area contributed by atoms with Crippen molar-refractivity contribution in [2.45, 2.75) is 19.3 Å². The van der Waals surface area contributed by atoms with Gasteiger partial charge in [-0.15, -0.1) is 0 Å². The molecule has 14 heavy (non-hydrogen) atoms. The SMILES string of the molecule is CC(C)(CN)c1cc(F)c(F)cc1F. The van der Waals surface area contributed by atoms with Crippen LogP contribution in [0.4, 0.5) is 13.2 Å². The highest BCUT2D eigenvalue weighted by molar-refractivity contribution is 5.27. The molecule has 0 spiro atoms. The van der Waals surface area contributed by atoms with E-state index in [2.05, 4.69) is 0 Å². The molecule has 1 aromatic carbocycles. The lowest BCUT2D eigenvalue weighted by Crippen LogP contribution is -2.29. The molecular formula is C10H12F3N. The van der Waals surface area contributed by atoms with Gasteiger partial charge in [-0.25, -0.2) is 13.2 Å². The van der Waals surface area contributed by atoms with Crippen LogP contribution in [0.1, 0.15) is 19.4 Å². The van der Waals surface area contributed by atoms with Crippen molar-refractivity contribution in [3.8, 4) is 0 Å². The maximum Gasteiger partial charge on any atom is 0.161 e. The number of halogens is 3. The fourth-order valence-electron chi connectivity index (χ4n) is 1.15. The Morgan fingerprint density at radius 2 is 1.57 bits per heavy atom. The summed E-state index contributed by atoms with van der Waals surface area (Å²) >= 11 is 0. The summed E-state index contributed by atoms with van der Waals surface area (Å²) in [4.78, 5) is 0. The largest absolute Gasteiger partial charge is 0.330 e. The van der Waals surface area contributed by atoms with Crippen molar-refractivity contribution in [3.05, 3.63) is 35.1 Å². The van der Waals surface area contributed by atoms with Crippen LogP contribution < -0.4 is 5.73 Å². The second-order valence-corrected chi connectivity index (χ2v) is 3.83. The third-order valence-corrected chi connectivity index (χ3v) is 2.25. The van der Waals surface area contributed by atoms with Crippen LogP contribution in [0.5, 0.6) is 0 Å². The fourth-order valence-corrected chi connectivity index (χ4v) is 1.15. The van der Waals surface area contributed by atoms with Crippen LogP contribution in [0.25, 0.3) is 0 Å². The lowest BCUT2D eigenvalue weighted by molar-refractivity contribution is 0.456. The van der Waals surface area contributed by atoms with Crippen LogP contribution >= 0.6 is 0 Å². The molecule has 2 N–H and O–H groups in total. The van der Waals surface area contributed by atoms with Crippen molar-refractivity contribution in [2.24, 2.45) is 5.73 Å². The van der Waals surface area contributed by atoms with Gasteiger partial charge in [0, 0.05) is 18.0 Å². The van der Waals surface area contributed by atoms with E-state index in [1.165, 1.54) is 0 Å². The molecule has 1 nitrogen and oxygen atoms in total. The second-order valence-electron chi connectivity index (χ2n) is 3.83. The Kier molecular flexibility index (Phi) is 2.85. The highest BCUT2D eigenvalue weighted by Gasteiger charge is 2.24. The lowest BCUT2D eigenvalue weighted by atomic mass is 9.84. The van der Waals surface area contributed by atoms with Gasteiger partial charge in [0.25, 0.3) is 0 Å². The predicted octanol–water partition coefficient (Wildman–Crippen LogP) is 2.34. The van der Waals surface area contributed by atoms with E-state index in [-0.39, 0.29) is 12.1 Å². The summed E-state index contributed by atoms with van der Waals surface area (Å²) < 4.78 is 38.7. The number of nitrogens with two attached hydrogens (primary N) is 1. The first-order valence-corrected chi connectivity index (χ1v) is 4.23. The molecule has 0 fully saturated rings. The molecule has 0 aromatic heterocycles. The number of rotatable bonds is 2. The second kappa shape index (κ2) is 3.61. The highest BCUT2D eigenvalue weighted by Crippen LogP contribution is 2.26. The molecule has 1 rings (SSSR count). The first-order chi connectivity index (χ1) is 6.38. The van der Waals surface area contributed by atoms with Crippen molar-refractivity contribution >= 4 is 0 Å². The topological polar surface area (TPSA) is 26.0 Å². The maximum atomic E-state index is 13.3. The zero-order chi connectivity index (χ0) is 10.9. The Bertz CT molecular complexity index is 347. The monoisotopic (exact) mass is 203 g/mol. The van der Waals surface area contributed by atoms with Gasteiger partial charge in [0.05, 0.1) is 0 Å². The standard InChI is InChI=1S/C10H12F3N/c1-10(2,5-14)6-3-8(12)9(13)4-7(6)11/h3-4H,5,14H2,1-2H3. The van der Waals surface area contributed by atoms with E-state index in [9.17, 15) is 13.2 Å². The Balaban J connectivity index is 3.29. The van der Waals surface area contributed by atoms with Gasteiger partial charge < -0.3 is 5.73 Å². The molecule has 0 unspecified atom stereocenters. The normalized spacial score (nSPS) is 11.9. The molecule has 0 saturated carbocycles. The Morgan fingerprint density at radius 3 is 2.07 bits per heavy atom. The van der Waals surface area contributed by atoms with Gasteiger partial charge in [0.1, 0.15) is 5.82 Å². The van der Waals surface area contributed by atoms with E-state index < -0.39 is 22.9 Å². The van der Waals surface area contributed by atoms with Crippen molar-refractivity contribution in [3.63, 3.8) is 0 Å². The molecule has 0 atom stereocenters. The van der Waals surface area contributed by atoms with Gasteiger partial charge in [-0.05, 0) is 11.6 Å². The summed E-state index contributed by atoms with van der Waals surface area (Å²) in [5.41, 5.74) is 4.81. The van der Waals surface area contributed by atoms with E-state index >= 15 is 0 Å². The molecule has 0 aliphatic carbocycles. The Hall–Kier alpha value is -1.03. The lowest BCUT2D eigenvalue weighted by Gasteiger charge is -2.23. The average Bonchev–Trinajstić information content (AvgIpc) is 2.11. The van der Waals surface area contributed by atoms with E-state index in [0.717, 1.165) is 6.07 Å². The van der Waals surface area contributed by atoms with Crippen molar-refractivity contribution in [1.82, 2.24) is 0 Å². The summed E-state index contributed by atoms with van der Waals surface area (Å²) in [5.74, 6) is -3.00. The minimum Gasteiger partial charge on any atom is -0.330 e. The summed E-state index contributed by atoms with van der Waals surface area (Å²) in [6.07, 6.45) is 0. The fraction of sp³-hybridized carbons (Fsp3) is 0.400. The molecule has 4 heteroatoms. The Morgan fingerprint density at radius 1 is 1.07 bits per heavy atom. The number of hydrogen-bond acceptors (Lipinski definition) is 1. The predicted molar refractivity (Wildman–Crippen MR) is 48.4 cm³/mol. The molecule has 0 bridgehead atoms. The van der Waals surface area contributed by atoms with E-state index in [1.54, 1.807) is 13.8 Å². The summed E-state index contributed by atoms with van der Waals surface area (Å²) in [5, 5.41) is 0. The zero-order valence-electron chi connectivity index (χ0n) is 8.07. The molecule has 78 valence electrons. The van der Waals surface area contributed by atoms with Gasteiger partial charge in [0.15, 0.2) is 11.6 Å².